The summed E-state index contributed by atoms with van der Waals surface area (Å²) >= 11 is 0. The van der Waals surface area contributed by atoms with E-state index in [0.717, 1.165) is 43.6 Å². The van der Waals surface area contributed by atoms with Gasteiger partial charge in [0, 0.05) is 64.6 Å². The van der Waals surface area contributed by atoms with E-state index < -0.39 is 75.9 Å². The Labute approximate surface area is 517 Å². The predicted molar refractivity (Wildman–Crippen MR) is 326 cm³/mol. The number of carbonyl (C=O) groups excluding carboxylic acids is 5. The number of amides is 4. The molecular formula is C59H96Cl2F5N11O9. The standard InChI is InChI=1S/C20H24FN7O.C12H22FNO2.C10H18FNO3.C10H16FNO3.C7H14FN.2ClH/c1-4-5-20(21)6-7-27(12-20)17-9-22-15(8-23-17)19(29)26-16-11-28-10-13(2)24-18(28)14(3)25-16;1-5-6-12(13)7-8-14(9-12)10(15)16-11(2,3)4;2*1-9(2,3)15-8(14)12-5-4-10(11,6-12)7-13;1-2-3-7(8)4-5-9-6-7;;/h8-11H,4-7,12H2,1-3H3,(H,26,29);5-9H2,1-4H3;13H,4-7H2,1-3H3;7H,4-6H2,1-3H3;9H,2-6H2,1H3;2*1H. The lowest BCUT2D eigenvalue weighted by Crippen LogP contribution is -2.38. The van der Waals surface area contributed by atoms with Gasteiger partial charge < -0.3 is 54.0 Å². The van der Waals surface area contributed by atoms with Gasteiger partial charge in [-0.05, 0) is 108 Å². The third kappa shape index (κ3) is 24.6. The highest BCUT2D eigenvalue weighted by Crippen LogP contribution is 2.34. The van der Waals surface area contributed by atoms with E-state index >= 15 is 0 Å². The minimum absolute atomic E-state index is 0. The Morgan fingerprint density at radius 2 is 1.12 bits per heavy atom. The molecule has 5 aliphatic rings. The van der Waals surface area contributed by atoms with Crippen molar-refractivity contribution in [2.24, 2.45) is 0 Å². The van der Waals surface area contributed by atoms with Gasteiger partial charge in [-0.1, -0.05) is 40.0 Å². The second kappa shape index (κ2) is 32.2. The minimum Gasteiger partial charge on any atom is -0.444 e. The molecule has 3 aromatic heterocycles. The molecule has 490 valence electrons. The Balaban J connectivity index is 0.000000386. The van der Waals surface area contributed by atoms with Gasteiger partial charge >= 0.3 is 18.3 Å². The summed E-state index contributed by atoms with van der Waals surface area (Å²) in [5, 5.41) is 14.6. The molecule has 5 fully saturated rings. The van der Waals surface area contributed by atoms with E-state index in [0.29, 0.717) is 82.2 Å². The fourth-order valence-electron chi connectivity index (χ4n) is 9.97. The molecule has 5 atom stereocenters. The van der Waals surface area contributed by atoms with E-state index in [1.807, 2.05) is 70.9 Å². The molecule has 0 radical (unpaired) electrons. The molecule has 0 aromatic carbocycles. The van der Waals surface area contributed by atoms with E-state index in [-0.39, 0.29) is 75.8 Å². The second-order valence-corrected chi connectivity index (χ2v) is 25.8. The number of likely N-dealkylation sites (tertiary alicyclic amines) is 3. The maximum atomic E-state index is 14.7. The molecule has 27 heteroatoms. The quantitative estimate of drug-likeness (QED) is 0.0922. The number of aliphatic hydroxyl groups is 1. The second-order valence-electron chi connectivity index (χ2n) is 25.8. The summed E-state index contributed by atoms with van der Waals surface area (Å²) in [6, 6.07) is 0. The number of ether oxygens (including phenoxy) is 3. The van der Waals surface area contributed by atoms with E-state index in [1.165, 1.54) is 27.1 Å². The SMILES string of the molecule is CC(C)(C)OC(=O)N1CCC(F)(C=O)C1.CC(C)(C)OC(=O)N1CCC(F)(CO)C1.CCCC1(F)CCN(C(=O)OC(C)(C)C)C1.CCCC1(F)CCN(c2cnc(C(=O)Nc3cn4cc(C)nc4c(C)n3)cn2)C1.CCCC1(F)CCNC1.Cl.Cl. The van der Waals surface area contributed by atoms with Gasteiger partial charge in [0.2, 0.25) is 0 Å². The van der Waals surface area contributed by atoms with E-state index in [2.05, 4.69) is 30.6 Å². The molecule has 20 nitrogen and oxygen atoms in total. The molecule has 5 aliphatic heterocycles. The predicted octanol–water partition coefficient (Wildman–Crippen LogP) is 11.4. The minimum atomic E-state index is -1.89. The Morgan fingerprint density at radius 3 is 1.56 bits per heavy atom. The van der Waals surface area contributed by atoms with Crippen molar-refractivity contribution in [2.75, 3.05) is 82.3 Å². The molecule has 0 bridgehead atoms. The maximum absolute atomic E-state index is 14.7. The third-order valence-corrected chi connectivity index (χ3v) is 14.1. The number of alkyl halides is 5. The number of nitrogens with one attached hydrogen (secondary N) is 2. The van der Waals surface area contributed by atoms with Gasteiger partial charge in [0.1, 0.15) is 51.1 Å². The van der Waals surface area contributed by atoms with Crippen molar-refractivity contribution in [2.45, 2.75) is 213 Å². The lowest BCUT2D eigenvalue weighted by atomic mass is 10.00. The Morgan fingerprint density at radius 1 is 0.640 bits per heavy atom. The number of halogens is 7. The first-order valence-corrected chi connectivity index (χ1v) is 29.3. The lowest BCUT2D eigenvalue weighted by molar-refractivity contribution is -0.117. The van der Waals surface area contributed by atoms with Crippen LogP contribution in [0.2, 0.25) is 0 Å². The average molecular weight is 1270 g/mol. The number of aryl methyl sites for hydroxylation is 2. The molecule has 5 saturated heterocycles. The van der Waals surface area contributed by atoms with Crippen LogP contribution >= 0.6 is 24.8 Å². The van der Waals surface area contributed by atoms with Crippen molar-refractivity contribution in [3.8, 4) is 0 Å². The number of carbonyl (C=O) groups is 5. The van der Waals surface area contributed by atoms with Crippen LogP contribution in [0.5, 0.6) is 0 Å². The first-order valence-electron chi connectivity index (χ1n) is 29.3. The Bertz CT molecular complexity index is 2660. The Kier molecular flexibility index (Phi) is 28.7. The average Bonchev–Trinajstić information content (AvgIpc) is 3.76. The largest absolute Gasteiger partial charge is 0.444 e. The van der Waals surface area contributed by atoms with Crippen LogP contribution in [-0.4, -0.2) is 192 Å². The number of fused-ring (bicyclic) bond motifs is 1. The fourth-order valence-corrected chi connectivity index (χ4v) is 9.97. The zero-order valence-corrected chi connectivity index (χ0v) is 54.5. The van der Waals surface area contributed by atoms with Gasteiger partial charge in [-0.2, -0.15) is 0 Å². The normalized spacial score (nSPS) is 24.3. The number of hydrogen-bond acceptors (Lipinski definition) is 15. The maximum Gasteiger partial charge on any atom is 0.410 e. The van der Waals surface area contributed by atoms with Crippen LogP contribution in [0, 0.1) is 13.8 Å². The topological polar surface area (TPSA) is 226 Å². The lowest BCUT2D eigenvalue weighted by Gasteiger charge is -2.25. The van der Waals surface area contributed by atoms with Gasteiger partial charge in [-0.25, -0.2) is 56.3 Å². The number of anilines is 2. The highest BCUT2D eigenvalue weighted by atomic mass is 35.5. The van der Waals surface area contributed by atoms with Crippen LogP contribution in [0.25, 0.3) is 5.65 Å². The molecule has 0 aliphatic carbocycles. The molecule has 3 N–H and O–H groups in total. The number of hydrogen-bond donors (Lipinski definition) is 3. The van der Waals surface area contributed by atoms with Crippen molar-refractivity contribution >= 4 is 72.6 Å². The summed E-state index contributed by atoms with van der Waals surface area (Å²) in [6.07, 6.45) is 11.5. The van der Waals surface area contributed by atoms with Gasteiger partial charge in [0.25, 0.3) is 5.91 Å². The number of aromatic nitrogens is 5. The molecule has 0 spiro atoms. The summed E-state index contributed by atoms with van der Waals surface area (Å²) in [6.45, 7) is 28.3. The number of rotatable bonds is 11. The van der Waals surface area contributed by atoms with Crippen molar-refractivity contribution in [1.82, 2.24) is 44.4 Å². The molecule has 0 saturated carbocycles. The van der Waals surface area contributed by atoms with Crippen LogP contribution < -0.4 is 15.5 Å². The molecule has 3 aromatic rings. The summed E-state index contributed by atoms with van der Waals surface area (Å²) < 4.78 is 86.3. The highest BCUT2D eigenvalue weighted by molar-refractivity contribution is 6.02. The van der Waals surface area contributed by atoms with Gasteiger partial charge in [-0.15, -0.1) is 24.8 Å². The van der Waals surface area contributed by atoms with Crippen LogP contribution in [0.4, 0.5) is 48.0 Å². The van der Waals surface area contributed by atoms with Crippen LogP contribution in [-0.2, 0) is 19.0 Å². The van der Waals surface area contributed by atoms with Crippen molar-refractivity contribution in [3.05, 3.63) is 41.9 Å². The zero-order chi connectivity index (χ0) is 63.1. The molecule has 8 heterocycles. The third-order valence-electron chi connectivity index (χ3n) is 14.1. The Hall–Kier alpha value is -5.40. The number of nitrogens with zero attached hydrogens (tertiary/aromatic N) is 9. The summed E-state index contributed by atoms with van der Waals surface area (Å²) in [7, 11) is 0. The van der Waals surface area contributed by atoms with Gasteiger partial charge in [0.15, 0.2) is 23.3 Å². The molecule has 8 rings (SSSR count). The number of aliphatic hydroxyl groups excluding tert-OH is 1. The van der Waals surface area contributed by atoms with Crippen molar-refractivity contribution in [1.29, 1.82) is 0 Å². The monoisotopic (exact) mass is 1270 g/mol. The van der Waals surface area contributed by atoms with Crippen molar-refractivity contribution in [3.63, 3.8) is 0 Å². The van der Waals surface area contributed by atoms with Crippen LogP contribution in [0.3, 0.4) is 0 Å². The van der Waals surface area contributed by atoms with Crippen molar-refractivity contribution < 1.29 is 65.2 Å². The van der Waals surface area contributed by atoms with E-state index in [4.69, 9.17) is 19.3 Å². The zero-order valence-electron chi connectivity index (χ0n) is 52.9. The van der Waals surface area contributed by atoms with Gasteiger partial charge in [0.05, 0.1) is 62.8 Å². The summed E-state index contributed by atoms with van der Waals surface area (Å²) in [4.78, 5) is 80.8. The fraction of sp³-hybridized carbons (Fsp3) is 0.746. The number of aldehydes is 1. The smallest absolute Gasteiger partial charge is 0.410 e. The summed E-state index contributed by atoms with van der Waals surface area (Å²) in [5.41, 5.74) is -5.95. The molecule has 4 amide bonds. The highest BCUT2D eigenvalue weighted by Gasteiger charge is 2.44. The van der Waals surface area contributed by atoms with E-state index in [1.54, 1.807) is 47.7 Å². The molecule has 5 unspecified atom stereocenters. The molecular weight excluding hydrogens is 1170 g/mol. The summed E-state index contributed by atoms with van der Waals surface area (Å²) in [5.74, 6) is 0.588. The van der Waals surface area contributed by atoms with Crippen LogP contribution in [0.15, 0.2) is 24.8 Å². The van der Waals surface area contributed by atoms with Crippen LogP contribution in [0.1, 0.15) is 176 Å². The molecule has 86 heavy (non-hydrogen) atoms. The van der Waals surface area contributed by atoms with Gasteiger partial charge in [-0.3, -0.25) is 9.59 Å². The first-order chi connectivity index (χ1) is 38.9. The first kappa shape index (κ1) is 76.7. The van der Waals surface area contributed by atoms with E-state index in [9.17, 15) is 45.9 Å². The number of imidazole rings is 1.